The molecule has 33 heavy (non-hydrogen) atoms. The summed E-state index contributed by atoms with van der Waals surface area (Å²) < 4.78 is 6.69. The van der Waals surface area contributed by atoms with Gasteiger partial charge in [-0.3, -0.25) is 30.7 Å². The Morgan fingerprint density at radius 3 is 2.55 bits per heavy atom. The molecular weight excluding hydrogens is 456 g/mol. The zero-order chi connectivity index (χ0) is 23.0. The summed E-state index contributed by atoms with van der Waals surface area (Å²) in [5.74, 6) is -0.194. The zero-order valence-corrected chi connectivity index (χ0v) is 19.0. The second-order valence-electron chi connectivity index (χ2n) is 7.00. The molecule has 9 heteroatoms. The van der Waals surface area contributed by atoms with Crippen molar-refractivity contribution in [1.29, 1.82) is 0 Å². The van der Waals surface area contributed by atoms with Gasteiger partial charge in [0.15, 0.2) is 5.11 Å². The minimum absolute atomic E-state index is 0.0336. The SMILES string of the molecule is O=C(NC(=S)NNC(=O)c1cc2sccc2cn1)c1ccc(OCCc2ccccc2)cc1. The summed E-state index contributed by atoms with van der Waals surface area (Å²) >= 11 is 6.61. The summed E-state index contributed by atoms with van der Waals surface area (Å²) in [5, 5.41) is 5.39. The number of ether oxygens (including phenoxy) is 1. The Labute approximate surface area is 199 Å². The standard InChI is InChI=1S/C24H20N4O3S2/c29-22(17-6-8-19(9-7-17)31-12-10-16-4-2-1-3-5-16)26-24(32)28-27-23(30)20-14-21-18(15-25-20)11-13-33-21/h1-9,11,13-15H,10,12H2,(H,27,30)(H2,26,28,29,32). The lowest BCUT2D eigenvalue weighted by molar-refractivity contribution is 0.0930. The largest absolute Gasteiger partial charge is 0.493 e. The molecule has 3 N–H and O–H groups in total. The number of pyridine rings is 1. The number of fused-ring (bicyclic) bond motifs is 1. The normalized spacial score (nSPS) is 10.4. The van der Waals surface area contributed by atoms with Crippen LogP contribution in [0.2, 0.25) is 0 Å². The van der Waals surface area contributed by atoms with Gasteiger partial charge in [-0.15, -0.1) is 11.3 Å². The molecule has 0 aliphatic heterocycles. The first-order chi connectivity index (χ1) is 16.1. The molecule has 2 heterocycles. The molecule has 2 aromatic heterocycles. The molecule has 7 nitrogen and oxygen atoms in total. The molecule has 4 aromatic rings. The van der Waals surface area contributed by atoms with E-state index in [1.807, 2.05) is 29.6 Å². The third-order valence-corrected chi connectivity index (χ3v) is 5.79. The summed E-state index contributed by atoms with van der Waals surface area (Å²) in [6.07, 6.45) is 2.43. The van der Waals surface area contributed by atoms with Crippen LogP contribution in [0.4, 0.5) is 0 Å². The summed E-state index contributed by atoms with van der Waals surface area (Å²) in [6.45, 7) is 0.539. The van der Waals surface area contributed by atoms with Crippen molar-refractivity contribution in [2.24, 2.45) is 0 Å². The number of hydrogen-bond acceptors (Lipinski definition) is 6. The molecule has 0 spiro atoms. The van der Waals surface area contributed by atoms with E-state index >= 15 is 0 Å². The maximum Gasteiger partial charge on any atom is 0.288 e. The van der Waals surface area contributed by atoms with Gasteiger partial charge in [-0.1, -0.05) is 30.3 Å². The van der Waals surface area contributed by atoms with Crippen LogP contribution < -0.4 is 20.9 Å². The van der Waals surface area contributed by atoms with Crippen LogP contribution in [0.25, 0.3) is 10.1 Å². The minimum Gasteiger partial charge on any atom is -0.493 e. The number of nitrogens with one attached hydrogen (secondary N) is 3. The van der Waals surface area contributed by atoms with Gasteiger partial charge in [0.25, 0.3) is 11.8 Å². The molecule has 0 fully saturated rings. The molecule has 0 saturated heterocycles. The van der Waals surface area contributed by atoms with Crippen LogP contribution in [-0.4, -0.2) is 28.5 Å². The monoisotopic (exact) mass is 476 g/mol. The molecule has 0 bridgehead atoms. The third kappa shape index (κ3) is 6.12. The lowest BCUT2D eigenvalue weighted by Gasteiger charge is -2.11. The van der Waals surface area contributed by atoms with Crippen LogP contribution in [-0.2, 0) is 6.42 Å². The fourth-order valence-electron chi connectivity index (χ4n) is 3.00. The van der Waals surface area contributed by atoms with Crippen molar-refractivity contribution in [3.8, 4) is 5.75 Å². The molecule has 4 rings (SSSR count). The van der Waals surface area contributed by atoms with E-state index in [-0.39, 0.29) is 10.8 Å². The van der Waals surface area contributed by atoms with Crippen LogP contribution in [0.15, 0.2) is 78.3 Å². The van der Waals surface area contributed by atoms with Gasteiger partial charge in [0.1, 0.15) is 11.4 Å². The summed E-state index contributed by atoms with van der Waals surface area (Å²) in [5.41, 5.74) is 6.80. The quantitative estimate of drug-likeness (QED) is 0.289. The van der Waals surface area contributed by atoms with Crippen LogP contribution in [0.1, 0.15) is 26.4 Å². The van der Waals surface area contributed by atoms with Gasteiger partial charge in [-0.2, -0.15) is 0 Å². The number of thiophene rings is 1. The van der Waals surface area contributed by atoms with E-state index in [0.717, 1.165) is 16.5 Å². The molecule has 2 aromatic carbocycles. The number of rotatable bonds is 6. The Hall–Kier alpha value is -3.82. The van der Waals surface area contributed by atoms with E-state index in [2.05, 4.69) is 33.3 Å². The number of aromatic nitrogens is 1. The van der Waals surface area contributed by atoms with Crippen LogP contribution in [0.5, 0.6) is 5.75 Å². The van der Waals surface area contributed by atoms with Crippen molar-refractivity contribution in [2.45, 2.75) is 6.42 Å². The first-order valence-corrected chi connectivity index (χ1v) is 11.4. The van der Waals surface area contributed by atoms with E-state index < -0.39 is 11.8 Å². The Morgan fingerprint density at radius 2 is 1.76 bits per heavy atom. The maximum absolute atomic E-state index is 12.4. The highest BCUT2D eigenvalue weighted by Crippen LogP contribution is 2.20. The van der Waals surface area contributed by atoms with Crippen LogP contribution in [0, 0.1) is 0 Å². The molecule has 2 amide bonds. The van der Waals surface area contributed by atoms with E-state index in [1.54, 1.807) is 36.5 Å². The number of nitrogens with zero attached hydrogens (tertiary/aromatic N) is 1. The number of hydrazine groups is 1. The van der Waals surface area contributed by atoms with Gasteiger partial charge >= 0.3 is 0 Å². The van der Waals surface area contributed by atoms with Crippen molar-refractivity contribution in [1.82, 2.24) is 21.2 Å². The summed E-state index contributed by atoms with van der Waals surface area (Å²) in [7, 11) is 0. The summed E-state index contributed by atoms with van der Waals surface area (Å²) in [4.78, 5) is 28.8. The Bertz CT molecular complexity index is 1270. The Balaban J connectivity index is 1.22. The first kappa shape index (κ1) is 22.4. The molecule has 0 atom stereocenters. The predicted octanol–water partition coefficient (Wildman–Crippen LogP) is 3.87. The van der Waals surface area contributed by atoms with E-state index in [0.29, 0.717) is 17.9 Å². The average Bonchev–Trinajstić information content (AvgIpc) is 3.31. The molecule has 0 saturated carbocycles. The average molecular weight is 477 g/mol. The molecule has 0 radical (unpaired) electrons. The number of carbonyl (C=O) groups excluding carboxylic acids is 2. The molecule has 166 valence electrons. The topological polar surface area (TPSA) is 92.4 Å². The number of hydrogen-bond donors (Lipinski definition) is 3. The van der Waals surface area contributed by atoms with Crippen molar-refractivity contribution in [3.63, 3.8) is 0 Å². The number of amides is 2. The third-order valence-electron chi connectivity index (χ3n) is 4.71. The number of carbonyl (C=O) groups is 2. The van der Waals surface area contributed by atoms with Gasteiger partial charge in [-0.25, -0.2) is 0 Å². The number of benzene rings is 2. The van der Waals surface area contributed by atoms with Gasteiger partial charge < -0.3 is 4.74 Å². The smallest absolute Gasteiger partial charge is 0.288 e. The van der Waals surface area contributed by atoms with Gasteiger partial charge in [0.05, 0.1) is 6.61 Å². The fraction of sp³-hybridized carbons (Fsp3) is 0.0833. The van der Waals surface area contributed by atoms with Gasteiger partial charge in [0.2, 0.25) is 0 Å². The molecular formula is C24H20N4O3S2. The summed E-state index contributed by atoms with van der Waals surface area (Å²) in [6, 6.07) is 20.4. The lowest BCUT2D eigenvalue weighted by atomic mass is 10.2. The first-order valence-electron chi connectivity index (χ1n) is 10.1. The molecule has 0 aliphatic rings. The predicted molar refractivity (Wildman–Crippen MR) is 132 cm³/mol. The van der Waals surface area contributed by atoms with Crippen molar-refractivity contribution >= 4 is 50.6 Å². The lowest BCUT2D eigenvalue weighted by Crippen LogP contribution is -2.48. The van der Waals surface area contributed by atoms with Crippen LogP contribution >= 0.6 is 23.6 Å². The van der Waals surface area contributed by atoms with Gasteiger partial charge in [0, 0.05) is 28.3 Å². The van der Waals surface area contributed by atoms with Crippen molar-refractivity contribution in [2.75, 3.05) is 6.61 Å². The molecule has 0 unspecified atom stereocenters. The van der Waals surface area contributed by atoms with Crippen molar-refractivity contribution < 1.29 is 14.3 Å². The van der Waals surface area contributed by atoms with E-state index in [9.17, 15) is 9.59 Å². The highest BCUT2D eigenvalue weighted by Gasteiger charge is 2.11. The zero-order valence-electron chi connectivity index (χ0n) is 17.4. The van der Waals surface area contributed by atoms with Crippen LogP contribution in [0.3, 0.4) is 0 Å². The van der Waals surface area contributed by atoms with Crippen molar-refractivity contribution in [3.05, 3.63) is 95.1 Å². The second-order valence-corrected chi connectivity index (χ2v) is 8.35. The number of thiocarbonyl (C=S) groups is 1. The highest BCUT2D eigenvalue weighted by atomic mass is 32.1. The maximum atomic E-state index is 12.4. The van der Waals surface area contributed by atoms with E-state index in [1.165, 1.54) is 16.9 Å². The minimum atomic E-state index is -0.459. The van der Waals surface area contributed by atoms with E-state index in [4.69, 9.17) is 17.0 Å². The van der Waals surface area contributed by atoms with Gasteiger partial charge in [-0.05, 0) is 59.6 Å². The fourth-order valence-corrected chi connectivity index (χ4v) is 3.94. The Kier molecular flexibility index (Phi) is 7.23. The highest BCUT2D eigenvalue weighted by molar-refractivity contribution is 7.80. The Morgan fingerprint density at radius 1 is 0.970 bits per heavy atom. The molecule has 0 aliphatic carbocycles. The second kappa shape index (κ2) is 10.7.